The third-order valence-corrected chi connectivity index (χ3v) is 2.42. The number of hydrogen-bond donors (Lipinski definition) is 1. The quantitative estimate of drug-likeness (QED) is 0.757. The minimum Gasteiger partial charge on any atom is -0.481 e. The zero-order chi connectivity index (χ0) is 12.9. The summed E-state index contributed by atoms with van der Waals surface area (Å²) in [5.41, 5.74) is 0. The van der Waals surface area contributed by atoms with E-state index in [0.29, 0.717) is 18.9 Å². The molecule has 1 atom stereocenters. The van der Waals surface area contributed by atoms with Gasteiger partial charge < -0.3 is 10.0 Å². The molecule has 1 N–H and O–H groups in total. The average Bonchev–Trinajstić information content (AvgIpc) is 2.11. The molecule has 0 aromatic carbocycles. The second-order valence-corrected chi connectivity index (χ2v) is 4.98. The van der Waals surface area contributed by atoms with Crippen LogP contribution in [0.25, 0.3) is 0 Å². The first-order valence-electron chi connectivity index (χ1n) is 5.78. The molecule has 4 heteroatoms. The summed E-state index contributed by atoms with van der Waals surface area (Å²) in [6.07, 6.45) is 0.477. The van der Waals surface area contributed by atoms with Gasteiger partial charge in [-0.25, -0.2) is 0 Å². The lowest BCUT2D eigenvalue weighted by Crippen LogP contribution is -2.41. The number of carboxylic acid groups (broad SMARTS) is 1. The Labute approximate surface area is 97.6 Å². The molecule has 0 aliphatic carbocycles. The number of hydrogen-bond acceptors (Lipinski definition) is 2. The van der Waals surface area contributed by atoms with Crippen molar-refractivity contribution in [2.24, 2.45) is 11.8 Å². The van der Waals surface area contributed by atoms with Gasteiger partial charge in [-0.1, -0.05) is 20.8 Å². The van der Waals surface area contributed by atoms with Crippen LogP contribution in [0.2, 0.25) is 0 Å². The summed E-state index contributed by atoms with van der Waals surface area (Å²) in [5, 5.41) is 8.84. The van der Waals surface area contributed by atoms with Crippen molar-refractivity contribution in [2.75, 3.05) is 6.54 Å². The minimum atomic E-state index is -0.858. The van der Waals surface area contributed by atoms with Crippen LogP contribution in [-0.4, -0.2) is 34.5 Å². The summed E-state index contributed by atoms with van der Waals surface area (Å²) in [6.45, 7) is 9.70. The third kappa shape index (κ3) is 5.14. The van der Waals surface area contributed by atoms with Crippen molar-refractivity contribution in [1.29, 1.82) is 0 Å². The summed E-state index contributed by atoms with van der Waals surface area (Å²) < 4.78 is 0. The topological polar surface area (TPSA) is 57.6 Å². The SMILES string of the molecule is CC(C)CC(=O)N(CC(C)C(=O)O)C(C)C. The van der Waals surface area contributed by atoms with Gasteiger partial charge in [0.25, 0.3) is 0 Å². The van der Waals surface area contributed by atoms with Crippen LogP contribution in [0.1, 0.15) is 41.0 Å². The molecule has 0 fully saturated rings. The number of carboxylic acids is 1. The number of carbonyl (C=O) groups is 2. The highest BCUT2D eigenvalue weighted by molar-refractivity contribution is 5.78. The second kappa shape index (κ2) is 6.51. The number of carbonyl (C=O) groups excluding carboxylic acids is 1. The van der Waals surface area contributed by atoms with E-state index in [-0.39, 0.29) is 11.9 Å². The third-order valence-electron chi connectivity index (χ3n) is 2.42. The maximum Gasteiger partial charge on any atom is 0.308 e. The van der Waals surface area contributed by atoms with Gasteiger partial charge >= 0.3 is 5.97 Å². The molecule has 1 amide bonds. The number of nitrogens with zero attached hydrogens (tertiary/aromatic N) is 1. The van der Waals surface area contributed by atoms with Crippen LogP contribution in [0.4, 0.5) is 0 Å². The van der Waals surface area contributed by atoms with E-state index in [0.717, 1.165) is 0 Å². The molecule has 0 aliphatic heterocycles. The van der Waals surface area contributed by atoms with Crippen LogP contribution in [0.5, 0.6) is 0 Å². The van der Waals surface area contributed by atoms with Crippen molar-refractivity contribution in [3.63, 3.8) is 0 Å². The molecule has 94 valence electrons. The predicted octanol–water partition coefficient (Wildman–Crippen LogP) is 1.99. The van der Waals surface area contributed by atoms with Crippen molar-refractivity contribution >= 4 is 11.9 Å². The first-order chi connectivity index (χ1) is 7.25. The van der Waals surface area contributed by atoms with E-state index in [1.807, 2.05) is 27.7 Å². The van der Waals surface area contributed by atoms with E-state index in [2.05, 4.69) is 0 Å². The largest absolute Gasteiger partial charge is 0.481 e. The number of rotatable bonds is 6. The Morgan fingerprint density at radius 1 is 1.12 bits per heavy atom. The van der Waals surface area contributed by atoms with E-state index in [9.17, 15) is 9.59 Å². The molecule has 1 unspecified atom stereocenters. The van der Waals surface area contributed by atoms with Gasteiger partial charge in [0.15, 0.2) is 0 Å². The van der Waals surface area contributed by atoms with Crippen LogP contribution in [-0.2, 0) is 9.59 Å². The molecule has 0 rings (SSSR count). The smallest absolute Gasteiger partial charge is 0.308 e. The van der Waals surface area contributed by atoms with Gasteiger partial charge in [0.05, 0.1) is 5.92 Å². The van der Waals surface area contributed by atoms with Gasteiger partial charge in [0, 0.05) is 19.0 Å². The van der Waals surface area contributed by atoms with Crippen LogP contribution >= 0.6 is 0 Å². The fourth-order valence-corrected chi connectivity index (χ4v) is 1.44. The normalized spacial score (nSPS) is 12.9. The lowest BCUT2D eigenvalue weighted by atomic mass is 10.1. The minimum absolute atomic E-state index is 0.0399. The Morgan fingerprint density at radius 3 is 1.94 bits per heavy atom. The van der Waals surface area contributed by atoms with Crippen LogP contribution < -0.4 is 0 Å². The summed E-state index contributed by atoms with van der Waals surface area (Å²) in [4.78, 5) is 24.3. The highest BCUT2D eigenvalue weighted by Gasteiger charge is 2.22. The first kappa shape index (κ1) is 14.9. The molecule has 4 nitrogen and oxygen atoms in total. The van der Waals surface area contributed by atoms with Gasteiger partial charge in [-0.2, -0.15) is 0 Å². The standard InChI is InChI=1S/C12H23NO3/c1-8(2)6-11(14)13(9(3)4)7-10(5)12(15)16/h8-10H,6-7H2,1-5H3,(H,15,16). The van der Waals surface area contributed by atoms with E-state index >= 15 is 0 Å². The predicted molar refractivity (Wildman–Crippen MR) is 63.1 cm³/mol. The monoisotopic (exact) mass is 229 g/mol. The molecular weight excluding hydrogens is 206 g/mol. The Kier molecular flexibility index (Phi) is 6.08. The molecular formula is C12H23NO3. The van der Waals surface area contributed by atoms with Crippen LogP contribution in [0.15, 0.2) is 0 Å². The molecule has 0 saturated heterocycles. The van der Waals surface area contributed by atoms with E-state index < -0.39 is 11.9 Å². The van der Waals surface area contributed by atoms with Gasteiger partial charge in [-0.05, 0) is 19.8 Å². The van der Waals surface area contributed by atoms with Crippen molar-refractivity contribution in [3.05, 3.63) is 0 Å². The summed E-state index contributed by atoms with van der Waals surface area (Å²) >= 11 is 0. The highest BCUT2D eigenvalue weighted by Crippen LogP contribution is 2.10. The van der Waals surface area contributed by atoms with E-state index in [4.69, 9.17) is 5.11 Å². The zero-order valence-corrected chi connectivity index (χ0v) is 10.9. The molecule has 16 heavy (non-hydrogen) atoms. The molecule has 0 saturated carbocycles. The Balaban J connectivity index is 4.49. The van der Waals surface area contributed by atoms with Gasteiger partial charge in [-0.15, -0.1) is 0 Å². The number of aliphatic carboxylic acids is 1. The maximum atomic E-state index is 11.9. The Bertz CT molecular complexity index is 249. The van der Waals surface area contributed by atoms with Gasteiger partial charge in [-0.3, -0.25) is 9.59 Å². The molecule has 0 bridgehead atoms. The van der Waals surface area contributed by atoms with Gasteiger partial charge in [0.2, 0.25) is 5.91 Å². The summed E-state index contributed by atoms with van der Waals surface area (Å²) in [6, 6.07) is 0.0491. The van der Waals surface area contributed by atoms with Gasteiger partial charge in [0.1, 0.15) is 0 Å². The fourth-order valence-electron chi connectivity index (χ4n) is 1.44. The van der Waals surface area contributed by atoms with Crippen LogP contribution in [0, 0.1) is 11.8 Å². The molecule has 0 spiro atoms. The highest BCUT2D eigenvalue weighted by atomic mass is 16.4. The molecule has 0 aliphatic rings. The Morgan fingerprint density at radius 2 is 1.62 bits per heavy atom. The lowest BCUT2D eigenvalue weighted by Gasteiger charge is -2.29. The maximum absolute atomic E-state index is 11.9. The van der Waals surface area contributed by atoms with Crippen molar-refractivity contribution < 1.29 is 14.7 Å². The first-order valence-corrected chi connectivity index (χ1v) is 5.78. The molecule has 0 aromatic heterocycles. The molecule has 0 aromatic rings. The lowest BCUT2D eigenvalue weighted by molar-refractivity contribution is -0.143. The summed E-state index contributed by atoms with van der Waals surface area (Å²) in [5.74, 6) is -1.03. The van der Waals surface area contributed by atoms with E-state index in [1.54, 1.807) is 11.8 Å². The fraction of sp³-hybridized carbons (Fsp3) is 0.833. The van der Waals surface area contributed by atoms with Crippen LogP contribution in [0.3, 0.4) is 0 Å². The average molecular weight is 229 g/mol. The number of amides is 1. The zero-order valence-electron chi connectivity index (χ0n) is 10.9. The molecule has 0 radical (unpaired) electrons. The van der Waals surface area contributed by atoms with Crippen molar-refractivity contribution in [2.45, 2.75) is 47.1 Å². The van der Waals surface area contributed by atoms with E-state index in [1.165, 1.54) is 0 Å². The summed E-state index contributed by atoms with van der Waals surface area (Å²) in [7, 11) is 0. The second-order valence-electron chi connectivity index (χ2n) is 4.98. The van der Waals surface area contributed by atoms with Crippen molar-refractivity contribution in [1.82, 2.24) is 4.90 Å². The molecule has 0 heterocycles. The van der Waals surface area contributed by atoms with Crippen molar-refractivity contribution in [3.8, 4) is 0 Å². The Hall–Kier alpha value is -1.06.